The normalized spacial score (nSPS) is 15.7. The molecule has 1 aromatic heterocycles. The fourth-order valence-electron chi connectivity index (χ4n) is 2.04. The van der Waals surface area contributed by atoms with Crippen LogP contribution in [0.25, 0.3) is 0 Å². The number of aliphatic hydroxyl groups excluding tert-OH is 1. The topological polar surface area (TPSA) is 65.5 Å². The van der Waals surface area contributed by atoms with Gasteiger partial charge in [0.1, 0.15) is 0 Å². The summed E-state index contributed by atoms with van der Waals surface area (Å²) in [5.41, 5.74) is 0. The zero-order chi connectivity index (χ0) is 12.8. The van der Waals surface area contributed by atoms with Gasteiger partial charge in [-0.05, 0) is 19.3 Å². The molecule has 1 saturated carbocycles. The largest absolute Gasteiger partial charge is 0.396 e. The molecule has 1 heterocycles. The van der Waals surface area contributed by atoms with E-state index in [1.807, 2.05) is 5.38 Å². The quantitative estimate of drug-likeness (QED) is 0.783. The Morgan fingerprint density at radius 3 is 3.00 bits per heavy atom. The monoisotopic (exact) mass is 269 g/mol. The number of thiazole rings is 1. The molecule has 2 rings (SSSR count). The number of aromatic nitrogens is 1. The van der Waals surface area contributed by atoms with Crippen molar-refractivity contribution in [1.29, 1.82) is 0 Å². The summed E-state index contributed by atoms with van der Waals surface area (Å²) in [5.74, 6) is -0.0187. The van der Waals surface area contributed by atoms with Crippen LogP contribution in [0.3, 0.4) is 0 Å². The van der Waals surface area contributed by atoms with Gasteiger partial charge in [0.15, 0.2) is 5.13 Å². The molecule has 1 aromatic rings. The average Bonchev–Trinajstić information content (AvgIpc) is 2.76. The van der Waals surface area contributed by atoms with E-state index in [1.165, 1.54) is 17.8 Å². The van der Waals surface area contributed by atoms with Gasteiger partial charge in [0.25, 0.3) is 0 Å². The van der Waals surface area contributed by atoms with Crippen LogP contribution in [0.15, 0.2) is 11.6 Å². The molecule has 0 radical (unpaired) electrons. The second-order valence-electron chi connectivity index (χ2n) is 4.52. The minimum Gasteiger partial charge on any atom is -0.396 e. The molecule has 1 fully saturated rings. The molecule has 1 amide bonds. The number of rotatable bonds is 7. The Labute approximate surface area is 111 Å². The van der Waals surface area contributed by atoms with Gasteiger partial charge >= 0.3 is 0 Å². The van der Waals surface area contributed by atoms with Crippen molar-refractivity contribution in [3.8, 4) is 0 Å². The molecule has 100 valence electrons. The number of nitrogens with one attached hydrogen (secondary N) is 1. The summed E-state index contributed by atoms with van der Waals surface area (Å²) in [4.78, 5) is 18.1. The Morgan fingerprint density at radius 2 is 2.44 bits per heavy atom. The fraction of sp³-hybridized carbons (Fsp3) is 0.667. The zero-order valence-electron chi connectivity index (χ0n) is 10.3. The molecule has 0 bridgehead atoms. The number of aliphatic hydroxyl groups is 1. The van der Waals surface area contributed by atoms with Crippen molar-refractivity contribution in [3.63, 3.8) is 0 Å². The third-order valence-electron chi connectivity index (χ3n) is 3.22. The van der Waals surface area contributed by atoms with Gasteiger partial charge < -0.3 is 10.4 Å². The van der Waals surface area contributed by atoms with E-state index in [0.717, 1.165) is 25.8 Å². The van der Waals surface area contributed by atoms with E-state index in [9.17, 15) is 4.79 Å². The predicted octanol–water partition coefficient (Wildman–Crippen LogP) is 1.32. The van der Waals surface area contributed by atoms with Crippen molar-refractivity contribution >= 4 is 22.4 Å². The zero-order valence-corrected chi connectivity index (χ0v) is 11.2. The van der Waals surface area contributed by atoms with Gasteiger partial charge in [-0.2, -0.15) is 0 Å². The number of anilines is 1. The molecule has 0 spiro atoms. The Balaban J connectivity index is 1.81. The maximum Gasteiger partial charge on any atom is 0.240 e. The predicted molar refractivity (Wildman–Crippen MR) is 71.7 cm³/mol. The first-order chi connectivity index (χ1) is 8.79. The Morgan fingerprint density at radius 1 is 1.61 bits per heavy atom. The summed E-state index contributed by atoms with van der Waals surface area (Å²) in [6.07, 6.45) is 5.97. The van der Waals surface area contributed by atoms with Gasteiger partial charge in [-0.3, -0.25) is 9.69 Å². The molecule has 1 aliphatic carbocycles. The number of carbonyl (C=O) groups is 1. The number of hydrogen-bond donors (Lipinski definition) is 2. The van der Waals surface area contributed by atoms with E-state index in [2.05, 4.69) is 15.2 Å². The summed E-state index contributed by atoms with van der Waals surface area (Å²) in [5, 5.41) is 14.2. The first kappa shape index (κ1) is 13.5. The highest BCUT2D eigenvalue weighted by atomic mass is 32.1. The molecule has 0 saturated heterocycles. The van der Waals surface area contributed by atoms with Crippen LogP contribution in [0.2, 0.25) is 0 Å². The Bertz CT molecular complexity index is 365. The Kier molecular flexibility index (Phi) is 5.10. The molecule has 5 nitrogen and oxygen atoms in total. The second kappa shape index (κ2) is 6.82. The lowest BCUT2D eigenvalue weighted by Crippen LogP contribution is -2.45. The summed E-state index contributed by atoms with van der Waals surface area (Å²) < 4.78 is 0. The highest BCUT2D eigenvalue weighted by molar-refractivity contribution is 7.13. The third-order valence-corrected chi connectivity index (χ3v) is 3.91. The first-order valence-corrected chi connectivity index (χ1v) is 7.22. The van der Waals surface area contributed by atoms with E-state index in [1.54, 1.807) is 6.20 Å². The van der Waals surface area contributed by atoms with Crippen LogP contribution in [0, 0.1) is 0 Å². The van der Waals surface area contributed by atoms with Crippen LogP contribution in [-0.4, -0.2) is 46.6 Å². The number of nitrogens with zero attached hydrogens (tertiary/aromatic N) is 2. The van der Waals surface area contributed by atoms with Crippen LogP contribution >= 0.6 is 11.3 Å². The number of hydrogen-bond acceptors (Lipinski definition) is 5. The van der Waals surface area contributed by atoms with E-state index in [-0.39, 0.29) is 12.5 Å². The molecule has 0 atom stereocenters. The molecule has 0 aromatic carbocycles. The van der Waals surface area contributed by atoms with Crippen LogP contribution in [-0.2, 0) is 4.79 Å². The lowest BCUT2D eigenvalue weighted by atomic mass is 9.91. The standard InChI is InChI=1S/C12H19N3O2S/c16-7-2-6-15(10-3-1-4-10)9-11(17)14-12-13-5-8-18-12/h5,8,10,16H,1-4,6-7,9H2,(H,13,14,17). The lowest BCUT2D eigenvalue weighted by Gasteiger charge is -2.37. The highest BCUT2D eigenvalue weighted by Gasteiger charge is 2.26. The molecule has 6 heteroatoms. The fourth-order valence-corrected chi connectivity index (χ4v) is 2.59. The number of amides is 1. The Hall–Kier alpha value is -0.980. The van der Waals surface area contributed by atoms with Crippen molar-refractivity contribution in [2.24, 2.45) is 0 Å². The maximum atomic E-state index is 11.9. The molecule has 0 aliphatic heterocycles. The molecule has 18 heavy (non-hydrogen) atoms. The van der Waals surface area contributed by atoms with Gasteiger partial charge in [-0.1, -0.05) is 6.42 Å². The lowest BCUT2D eigenvalue weighted by molar-refractivity contribution is -0.118. The first-order valence-electron chi connectivity index (χ1n) is 6.34. The maximum absolute atomic E-state index is 11.9. The SMILES string of the molecule is O=C(CN(CCCO)C1CCC1)Nc1nccs1. The van der Waals surface area contributed by atoms with E-state index in [4.69, 9.17) is 5.11 Å². The van der Waals surface area contributed by atoms with Gasteiger partial charge in [-0.25, -0.2) is 4.98 Å². The van der Waals surface area contributed by atoms with Crippen LogP contribution < -0.4 is 5.32 Å². The highest BCUT2D eigenvalue weighted by Crippen LogP contribution is 2.24. The van der Waals surface area contributed by atoms with E-state index >= 15 is 0 Å². The number of carbonyl (C=O) groups excluding carboxylic acids is 1. The van der Waals surface area contributed by atoms with Crippen molar-refractivity contribution in [2.45, 2.75) is 31.7 Å². The molecular formula is C12H19N3O2S. The van der Waals surface area contributed by atoms with Crippen LogP contribution in [0.4, 0.5) is 5.13 Å². The van der Waals surface area contributed by atoms with Crippen LogP contribution in [0.1, 0.15) is 25.7 Å². The second-order valence-corrected chi connectivity index (χ2v) is 5.41. The van der Waals surface area contributed by atoms with Gasteiger partial charge in [0.2, 0.25) is 5.91 Å². The smallest absolute Gasteiger partial charge is 0.240 e. The summed E-state index contributed by atoms with van der Waals surface area (Å²) >= 11 is 1.42. The summed E-state index contributed by atoms with van der Waals surface area (Å²) in [6.45, 7) is 1.36. The molecule has 1 aliphatic rings. The third kappa shape index (κ3) is 3.76. The van der Waals surface area contributed by atoms with Gasteiger partial charge in [0, 0.05) is 30.8 Å². The average molecular weight is 269 g/mol. The molecule has 2 N–H and O–H groups in total. The van der Waals surface area contributed by atoms with Crippen LogP contribution in [0.5, 0.6) is 0 Å². The van der Waals surface area contributed by atoms with E-state index in [0.29, 0.717) is 17.7 Å². The minimum atomic E-state index is -0.0187. The van der Waals surface area contributed by atoms with E-state index < -0.39 is 0 Å². The minimum absolute atomic E-state index is 0.0187. The van der Waals surface area contributed by atoms with Gasteiger partial charge in [0.05, 0.1) is 6.54 Å². The van der Waals surface area contributed by atoms with Crippen molar-refractivity contribution in [2.75, 3.05) is 25.0 Å². The van der Waals surface area contributed by atoms with Gasteiger partial charge in [-0.15, -0.1) is 11.3 Å². The summed E-state index contributed by atoms with van der Waals surface area (Å²) in [6, 6.07) is 0.513. The van der Waals surface area contributed by atoms with Crippen molar-refractivity contribution < 1.29 is 9.90 Å². The van der Waals surface area contributed by atoms with Crippen molar-refractivity contribution in [1.82, 2.24) is 9.88 Å². The summed E-state index contributed by atoms with van der Waals surface area (Å²) in [7, 11) is 0. The molecule has 0 unspecified atom stereocenters. The van der Waals surface area contributed by atoms with Crippen molar-refractivity contribution in [3.05, 3.63) is 11.6 Å². The molecular weight excluding hydrogens is 250 g/mol.